The van der Waals surface area contributed by atoms with Gasteiger partial charge in [0.1, 0.15) is 11.4 Å². The van der Waals surface area contributed by atoms with E-state index in [2.05, 4.69) is 0 Å². The van der Waals surface area contributed by atoms with Gasteiger partial charge in [-0.1, -0.05) is 12.1 Å². The molecule has 1 atom stereocenters. The van der Waals surface area contributed by atoms with Crippen LogP contribution in [0.3, 0.4) is 0 Å². The fourth-order valence-electron chi connectivity index (χ4n) is 4.63. The summed E-state index contributed by atoms with van der Waals surface area (Å²) in [6.45, 7) is 2.57. The van der Waals surface area contributed by atoms with E-state index in [9.17, 15) is 14.4 Å². The number of benzene rings is 1. The predicted octanol–water partition coefficient (Wildman–Crippen LogP) is 2.81. The molecule has 1 spiro atoms. The van der Waals surface area contributed by atoms with Crippen LogP contribution in [-0.2, 0) is 9.59 Å². The number of nitrogens with zero attached hydrogens (tertiary/aromatic N) is 2. The number of carbonyl (C=O) groups is 3. The Morgan fingerprint density at radius 3 is 2.75 bits per heavy atom. The fourth-order valence-corrected chi connectivity index (χ4v) is 4.63. The number of hydrogen-bond donors (Lipinski definition) is 0. The molecule has 0 N–H and O–H groups in total. The van der Waals surface area contributed by atoms with E-state index in [1.807, 2.05) is 34.1 Å². The monoisotopic (exact) mass is 384 g/mol. The van der Waals surface area contributed by atoms with Crippen molar-refractivity contribution in [3.8, 4) is 5.75 Å². The summed E-state index contributed by atoms with van der Waals surface area (Å²) in [7, 11) is 0. The molecule has 0 saturated carbocycles. The third kappa shape index (κ3) is 3.91. The highest BCUT2D eigenvalue weighted by molar-refractivity contribution is 6.00. The zero-order chi connectivity index (χ0) is 19.6. The largest absolute Gasteiger partial charge is 0.486 e. The van der Waals surface area contributed by atoms with Crippen LogP contribution in [0.25, 0.3) is 0 Å². The van der Waals surface area contributed by atoms with E-state index in [1.54, 1.807) is 0 Å². The highest BCUT2D eigenvalue weighted by Gasteiger charge is 2.41. The minimum absolute atomic E-state index is 0.0953. The second kappa shape index (κ2) is 7.94. The lowest BCUT2D eigenvalue weighted by Gasteiger charge is -2.37. The SMILES string of the molecule is O=C1CC2(CCCN(C(=O)CCN3CCCCC3=O)CC2)Oc2ccccc21. The smallest absolute Gasteiger partial charge is 0.224 e. The van der Waals surface area contributed by atoms with Gasteiger partial charge in [0.15, 0.2) is 5.78 Å². The van der Waals surface area contributed by atoms with Crippen LogP contribution < -0.4 is 4.74 Å². The minimum Gasteiger partial charge on any atom is -0.486 e. The van der Waals surface area contributed by atoms with Crippen LogP contribution in [0.4, 0.5) is 0 Å². The summed E-state index contributed by atoms with van der Waals surface area (Å²) >= 11 is 0. The molecule has 0 aromatic heterocycles. The van der Waals surface area contributed by atoms with Gasteiger partial charge in [-0.05, 0) is 37.8 Å². The van der Waals surface area contributed by atoms with Crippen LogP contribution in [0.5, 0.6) is 5.75 Å². The van der Waals surface area contributed by atoms with Crippen molar-refractivity contribution < 1.29 is 19.1 Å². The lowest BCUT2D eigenvalue weighted by Crippen LogP contribution is -2.43. The molecule has 3 aliphatic heterocycles. The number of para-hydroxylation sites is 1. The standard InChI is InChI=1S/C22H28N2O4/c25-18-16-22(28-19-7-2-1-6-17(18)19)10-5-13-24(15-11-22)21(27)9-14-23-12-4-3-8-20(23)26/h1-2,6-7H,3-5,8-16H2. The summed E-state index contributed by atoms with van der Waals surface area (Å²) in [4.78, 5) is 40.9. The van der Waals surface area contributed by atoms with Gasteiger partial charge in [-0.3, -0.25) is 14.4 Å². The molecule has 1 unspecified atom stereocenters. The van der Waals surface area contributed by atoms with Crippen LogP contribution >= 0.6 is 0 Å². The zero-order valence-corrected chi connectivity index (χ0v) is 16.3. The normalized spacial score (nSPS) is 25.3. The Morgan fingerprint density at radius 1 is 1.04 bits per heavy atom. The minimum atomic E-state index is -0.497. The summed E-state index contributed by atoms with van der Waals surface area (Å²) in [6, 6.07) is 7.43. The lowest BCUT2D eigenvalue weighted by molar-refractivity contribution is -0.135. The Bertz CT molecular complexity index is 778. The van der Waals surface area contributed by atoms with Gasteiger partial charge in [0.05, 0.1) is 12.0 Å². The molecular formula is C22H28N2O4. The van der Waals surface area contributed by atoms with E-state index in [0.29, 0.717) is 56.6 Å². The van der Waals surface area contributed by atoms with Gasteiger partial charge in [-0.2, -0.15) is 0 Å². The molecule has 3 aliphatic rings. The lowest BCUT2D eigenvalue weighted by atomic mass is 9.84. The molecule has 0 radical (unpaired) electrons. The Balaban J connectivity index is 1.35. The maximum absolute atomic E-state index is 12.7. The molecule has 6 heteroatoms. The molecule has 0 bridgehead atoms. The molecule has 1 aromatic carbocycles. The van der Waals surface area contributed by atoms with Crippen molar-refractivity contribution in [2.45, 2.75) is 57.0 Å². The van der Waals surface area contributed by atoms with E-state index >= 15 is 0 Å². The van der Waals surface area contributed by atoms with Crippen LogP contribution in [0.15, 0.2) is 24.3 Å². The molecular weight excluding hydrogens is 356 g/mol. The first kappa shape index (κ1) is 19.0. The second-order valence-electron chi connectivity index (χ2n) is 8.20. The molecule has 1 aromatic rings. The molecule has 2 saturated heterocycles. The van der Waals surface area contributed by atoms with E-state index in [0.717, 1.165) is 32.2 Å². The summed E-state index contributed by atoms with van der Waals surface area (Å²) in [5.41, 5.74) is 0.167. The number of rotatable bonds is 3. The number of ether oxygens (including phenoxy) is 1. The van der Waals surface area contributed by atoms with E-state index in [1.165, 1.54) is 0 Å². The van der Waals surface area contributed by atoms with Gasteiger partial charge in [0.25, 0.3) is 0 Å². The molecule has 2 amide bonds. The Hall–Kier alpha value is -2.37. The molecule has 3 heterocycles. The van der Waals surface area contributed by atoms with Crippen molar-refractivity contribution in [3.63, 3.8) is 0 Å². The van der Waals surface area contributed by atoms with Crippen LogP contribution in [0.1, 0.15) is 61.7 Å². The molecule has 28 heavy (non-hydrogen) atoms. The zero-order valence-electron chi connectivity index (χ0n) is 16.3. The Morgan fingerprint density at radius 2 is 1.89 bits per heavy atom. The molecule has 6 nitrogen and oxygen atoms in total. The number of ketones is 1. The first-order chi connectivity index (χ1) is 13.6. The predicted molar refractivity (Wildman–Crippen MR) is 104 cm³/mol. The summed E-state index contributed by atoms with van der Waals surface area (Å²) in [5, 5.41) is 0. The number of fused-ring (bicyclic) bond motifs is 1. The average molecular weight is 384 g/mol. The van der Waals surface area contributed by atoms with E-state index in [-0.39, 0.29) is 17.6 Å². The first-order valence-electron chi connectivity index (χ1n) is 10.4. The van der Waals surface area contributed by atoms with Gasteiger partial charge in [-0.25, -0.2) is 0 Å². The number of Topliss-reactive ketones (excluding diaryl/α,β-unsaturated/α-hetero) is 1. The average Bonchev–Trinajstić information content (AvgIpc) is 2.89. The van der Waals surface area contributed by atoms with Crippen molar-refractivity contribution in [2.75, 3.05) is 26.2 Å². The van der Waals surface area contributed by atoms with Crippen LogP contribution in [-0.4, -0.2) is 59.2 Å². The topological polar surface area (TPSA) is 66.9 Å². The van der Waals surface area contributed by atoms with Gasteiger partial charge in [-0.15, -0.1) is 0 Å². The van der Waals surface area contributed by atoms with Gasteiger partial charge < -0.3 is 14.5 Å². The number of hydrogen-bond acceptors (Lipinski definition) is 4. The van der Waals surface area contributed by atoms with Crippen molar-refractivity contribution in [1.82, 2.24) is 9.80 Å². The first-order valence-corrected chi connectivity index (χ1v) is 10.4. The van der Waals surface area contributed by atoms with Crippen molar-refractivity contribution in [2.24, 2.45) is 0 Å². The maximum Gasteiger partial charge on any atom is 0.224 e. The highest BCUT2D eigenvalue weighted by Crippen LogP contribution is 2.39. The Kier molecular flexibility index (Phi) is 5.38. The Labute approximate surface area is 165 Å². The number of carbonyl (C=O) groups excluding carboxylic acids is 3. The number of amides is 2. The fraction of sp³-hybridized carbons (Fsp3) is 0.591. The van der Waals surface area contributed by atoms with Gasteiger partial charge >= 0.3 is 0 Å². The van der Waals surface area contributed by atoms with Crippen LogP contribution in [0, 0.1) is 0 Å². The van der Waals surface area contributed by atoms with E-state index < -0.39 is 5.60 Å². The quantitative estimate of drug-likeness (QED) is 0.804. The third-order valence-electron chi connectivity index (χ3n) is 6.26. The summed E-state index contributed by atoms with van der Waals surface area (Å²) < 4.78 is 6.30. The molecule has 150 valence electrons. The second-order valence-corrected chi connectivity index (χ2v) is 8.20. The van der Waals surface area contributed by atoms with Crippen LogP contribution in [0.2, 0.25) is 0 Å². The summed E-state index contributed by atoms with van der Waals surface area (Å²) in [6.07, 6.45) is 5.62. The maximum atomic E-state index is 12.7. The van der Waals surface area contributed by atoms with Crippen molar-refractivity contribution in [3.05, 3.63) is 29.8 Å². The highest BCUT2D eigenvalue weighted by atomic mass is 16.5. The third-order valence-corrected chi connectivity index (χ3v) is 6.26. The van der Waals surface area contributed by atoms with Crippen molar-refractivity contribution in [1.29, 1.82) is 0 Å². The summed E-state index contributed by atoms with van der Waals surface area (Å²) in [5.74, 6) is 1.06. The van der Waals surface area contributed by atoms with Gasteiger partial charge in [0.2, 0.25) is 11.8 Å². The molecule has 2 fully saturated rings. The molecule has 0 aliphatic carbocycles. The molecule has 4 rings (SSSR count). The number of likely N-dealkylation sites (tertiary alicyclic amines) is 2. The number of piperidine rings is 1. The van der Waals surface area contributed by atoms with E-state index in [4.69, 9.17) is 4.74 Å². The van der Waals surface area contributed by atoms with Crippen molar-refractivity contribution >= 4 is 17.6 Å². The van der Waals surface area contributed by atoms with Gasteiger partial charge in [0, 0.05) is 45.4 Å².